The molecule has 0 radical (unpaired) electrons. The molecule has 2 aromatic carbocycles. The molecule has 0 aliphatic carbocycles. The van der Waals surface area contributed by atoms with Crippen LogP contribution < -0.4 is 0 Å². The lowest BCUT2D eigenvalue weighted by Crippen LogP contribution is -2.39. The predicted octanol–water partition coefficient (Wildman–Crippen LogP) is 5.54. The van der Waals surface area contributed by atoms with Crippen molar-refractivity contribution >= 4 is 32.7 Å². The van der Waals surface area contributed by atoms with Gasteiger partial charge in [-0.05, 0) is 43.0 Å². The predicted molar refractivity (Wildman–Crippen MR) is 109 cm³/mol. The van der Waals surface area contributed by atoms with Crippen molar-refractivity contribution < 1.29 is 4.79 Å². The second kappa shape index (κ2) is 7.20. The van der Waals surface area contributed by atoms with Crippen LogP contribution in [0.4, 0.5) is 0 Å². The van der Waals surface area contributed by atoms with Gasteiger partial charge in [0.1, 0.15) is 0 Å². The lowest BCUT2D eigenvalue weighted by atomic mass is 9.98. The van der Waals surface area contributed by atoms with Crippen LogP contribution in [0.25, 0.3) is 22.2 Å². The molecule has 1 saturated heterocycles. The van der Waals surface area contributed by atoms with Crippen molar-refractivity contribution in [2.45, 2.75) is 19.8 Å². The number of carbonyl (C=O) groups excluding carboxylic acids is 1. The van der Waals surface area contributed by atoms with Gasteiger partial charge >= 0.3 is 0 Å². The Balaban J connectivity index is 1.85. The molecule has 0 spiro atoms. The Morgan fingerprint density at radius 2 is 1.96 bits per heavy atom. The molecule has 1 aromatic heterocycles. The van der Waals surface area contributed by atoms with Crippen LogP contribution in [0.3, 0.4) is 0 Å². The van der Waals surface area contributed by atoms with Crippen LogP contribution in [0.5, 0.6) is 0 Å². The largest absolute Gasteiger partial charge is 0.338 e. The average Bonchev–Trinajstić information content (AvgIpc) is 2.67. The Kier molecular flexibility index (Phi) is 4.77. The highest BCUT2D eigenvalue weighted by Gasteiger charge is 2.24. The van der Waals surface area contributed by atoms with Crippen LogP contribution in [0, 0.1) is 5.92 Å². The maximum Gasteiger partial charge on any atom is 0.254 e. The summed E-state index contributed by atoms with van der Waals surface area (Å²) >= 11 is 3.53. The van der Waals surface area contributed by atoms with E-state index in [0.29, 0.717) is 5.92 Å². The van der Waals surface area contributed by atoms with Crippen molar-refractivity contribution in [2.24, 2.45) is 5.92 Å². The second-order valence-corrected chi connectivity index (χ2v) is 8.00. The highest BCUT2D eigenvalue weighted by molar-refractivity contribution is 9.10. The zero-order valence-electron chi connectivity index (χ0n) is 14.8. The first-order chi connectivity index (χ1) is 12.6. The monoisotopic (exact) mass is 408 g/mol. The summed E-state index contributed by atoms with van der Waals surface area (Å²) in [5, 5.41) is 0.905. The number of pyridine rings is 1. The number of aromatic nitrogens is 1. The molecular formula is C22H21BrN2O. The lowest BCUT2D eigenvalue weighted by molar-refractivity contribution is 0.0685. The van der Waals surface area contributed by atoms with Crippen LogP contribution in [0.1, 0.15) is 30.1 Å². The number of amides is 1. The third-order valence-corrected chi connectivity index (χ3v) is 5.51. The number of rotatable bonds is 2. The number of fused-ring (bicyclic) bond motifs is 1. The molecule has 0 bridgehead atoms. The summed E-state index contributed by atoms with van der Waals surface area (Å²) in [7, 11) is 0. The van der Waals surface area contributed by atoms with Crippen molar-refractivity contribution in [1.29, 1.82) is 0 Å². The minimum absolute atomic E-state index is 0.110. The summed E-state index contributed by atoms with van der Waals surface area (Å²) < 4.78 is 0.959. The number of carbonyl (C=O) groups is 1. The Bertz CT molecular complexity index is 955. The van der Waals surface area contributed by atoms with E-state index in [0.717, 1.165) is 51.7 Å². The highest BCUT2D eigenvalue weighted by atomic mass is 79.9. The molecule has 0 unspecified atom stereocenters. The fourth-order valence-corrected chi connectivity index (χ4v) is 4.04. The van der Waals surface area contributed by atoms with Gasteiger partial charge in [-0.2, -0.15) is 0 Å². The molecule has 1 aliphatic rings. The van der Waals surface area contributed by atoms with Gasteiger partial charge in [0.05, 0.1) is 16.8 Å². The zero-order chi connectivity index (χ0) is 18.1. The molecule has 1 amide bonds. The maximum atomic E-state index is 13.3. The third kappa shape index (κ3) is 3.38. The number of hydrogen-bond acceptors (Lipinski definition) is 2. The minimum atomic E-state index is 0.110. The first kappa shape index (κ1) is 17.2. The summed E-state index contributed by atoms with van der Waals surface area (Å²) in [6.45, 7) is 3.88. The standard InChI is InChI=1S/C22H21BrN2O/c1-15-6-5-11-25(14-15)22(26)19-13-21(16-7-3-2-4-8-16)24-20-10-9-17(23)12-18(19)20/h2-4,7-10,12-13,15H,5-6,11,14H2,1H3/t15-/m0/s1. The Morgan fingerprint density at radius 3 is 2.73 bits per heavy atom. The molecule has 3 aromatic rings. The van der Waals surface area contributed by atoms with E-state index in [-0.39, 0.29) is 5.91 Å². The number of likely N-dealkylation sites (tertiary alicyclic amines) is 1. The van der Waals surface area contributed by atoms with Gasteiger partial charge in [0.2, 0.25) is 0 Å². The van der Waals surface area contributed by atoms with Crippen LogP contribution >= 0.6 is 15.9 Å². The van der Waals surface area contributed by atoms with Gasteiger partial charge in [0.25, 0.3) is 5.91 Å². The van der Waals surface area contributed by atoms with Crippen LogP contribution in [-0.4, -0.2) is 28.9 Å². The Morgan fingerprint density at radius 1 is 1.15 bits per heavy atom. The fraction of sp³-hybridized carbons (Fsp3) is 0.273. The molecule has 1 aliphatic heterocycles. The van der Waals surface area contributed by atoms with Crippen molar-refractivity contribution in [2.75, 3.05) is 13.1 Å². The smallest absolute Gasteiger partial charge is 0.254 e. The van der Waals surface area contributed by atoms with Gasteiger partial charge in [-0.25, -0.2) is 4.98 Å². The van der Waals surface area contributed by atoms with E-state index in [2.05, 4.69) is 22.9 Å². The van der Waals surface area contributed by atoms with Gasteiger partial charge in [-0.1, -0.05) is 53.2 Å². The third-order valence-electron chi connectivity index (χ3n) is 5.01. The molecule has 132 valence electrons. The first-order valence-corrected chi connectivity index (χ1v) is 9.86. The highest BCUT2D eigenvalue weighted by Crippen LogP contribution is 2.29. The molecule has 4 heteroatoms. The van der Waals surface area contributed by atoms with E-state index >= 15 is 0 Å². The molecule has 3 nitrogen and oxygen atoms in total. The normalized spacial score (nSPS) is 17.5. The number of hydrogen-bond donors (Lipinski definition) is 0. The van der Waals surface area contributed by atoms with Crippen LogP contribution in [0.15, 0.2) is 59.1 Å². The van der Waals surface area contributed by atoms with E-state index in [1.165, 1.54) is 6.42 Å². The van der Waals surface area contributed by atoms with Crippen molar-refractivity contribution in [3.63, 3.8) is 0 Å². The second-order valence-electron chi connectivity index (χ2n) is 7.08. The zero-order valence-corrected chi connectivity index (χ0v) is 16.4. The molecular weight excluding hydrogens is 388 g/mol. The maximum absolute atomic E-state index is 13.3. The Hall–Kier alpha value is -2.20. The summed E-state index contributed by atoms with van der Waals surface area (Å²) in [4.78, 5) is 20.1. The van der Waals surface area contributed by atoms with Gasteiger partial charge < -0.3 is 4.90 Å². The fourth-order valence-electron chi connectivity index (χ4n) is 3.68. The quantitative estimate of drug-likeness (QED) is 0.557. The number of halogens is 1. The minimum Gasteiger partial charge on any atom is -0.338 e. The molecule has 0 N–H and O–H groups in total. The summed E-state index contributed by atoms with van der Waals surface area (Å²) in [6.07, 6.45) is 2.27. The summed E-state index contributed by atoms with van der Waals surface area (Å²) in [5.74, 6) is 0.667. The van der Waals surface area contributed by atoms with Crippen molar-refractivity contribution in [3.05, 3.63) is 64.6 Å². The average molecular weight is 409 g/mol. The van der Waals surface area contributed by atoms with Crippen molar-refractivity contribution in [3.8, 4) is 11.3 Å². The van der Waals surface area contributed by atoms with Gasteiger partial charge in [-0.15, -0.1) is 0 Å². The molecule has 26 heavy (non-hydrogen) atoms. The first-order valence-electron chi connectivity index (χ1n) is 9.07. The topological polar surface area (TPSA) is 33.2 Å². The number of benzene rings is 2. The van der Waals surface area contributed by atoms with Gasteiger partial charge in [-0.3, -0.25) is 4.79 Å². The SMILES string of the molecule is C[C@H]1CCCN(C(=O)c2cc(-c3ccccc3)nc3ccc(Br)cc23)C1. The lowest BCUT2D eigenvalue weighted by Gasteiger charge is -2.31. The van der Waals surface area contributed by atoms with E-state index < -0.39 is 0 Å². The van der Waals surface area contributed by atoms with E-state index in [1.807, 2.05) is 59.5 Å². The summed E-state index contributed by atoms with van der Waals surface area (Å²) in [5.41, 5.74) is 3.46. The van der Waals surface area contributed by atoms with Crippen LogP contribution in [0.2, 0.25) is 0 Å². The molecule has 2 heterocycles. The number of nitrogens with zero attached hydrogens (tertiary/aromatic N) is 2. The number of piperidine rings is 1. The Labute approximate surface area is 162 Å². The van der Waals surface area contributed by atoms with E-state index in [1.54, 1.807) is 0 Å². The van der Waals surface area contributed by atoms with Crippen LogP contribution in [-0.2, 0) is 0 Å². The van der Waals surface area contributed by atoms with E-state index in [4.69, 9.17) is 4.98 Å². The summed E-state index contributed by atoms with van der Waals surface area (Å²) in [6, 6.07) is 17.9. The molecule has 4 rings (SSSR count). The van der Waals surface area contributed by atoms with Gasteiger partial charge in [0.15, 0.2) is 0 Å². The van der Waals surface area contributed by atoms with Crippen molar-refractivity contribution in [1.82, 2.24) is 9.88 Å². The molecule has 0 saturated carbocycles. The van der Waals surface area contributed by atoms with Gasteiger partial charge in [0, 0.05) is 28.5 Å². The molecule has 1 fully saturated rings. The molecule has 1 atom stereocenters. The van der Waals surface area contributed by atoms with E-state index in [9.17, 15) is 4.79 Å².